The Labute approximate surface area is 102 Å². The molecule has 2 aromatic rings. The maximum absolute atomic E-state index is 12.8. The van der Waals surface area contributed by atoms with E-state index in [1.54, 1.807) is 12.1 Å². The van der Waals surface area contributed by atoms with Gasteiger partial charge in [0.05, 0.1) is 0 Å². The number of halogens is 2. The van der Waals surface area contributed by atoms with Crippen LogP contribution in [0.4, 0.5) is 8.78 Å². The quantitative estimate of drug-likeness (QED) is 0.847. The number of amides is 1. The lowest BCUT2D eigenvalue weighted by Gasteiger charge is -2.04. The average Bonchev–Trinajstić information content (AvgIpc) is 2.38. The number of aromatic nitrogens is 1. The van der Waals surface area contributed by atoms with Gasteiger partial charge in [0, 0.05) is 6.54 Å². The Balaban J connectivity index is 1.98. The van der Waals surface area contributed by atoms with E-state index in [4.69, 9.17) is 0 Å². The van der Waals surface area contributed by atoms with Crippen LogP contribution in [0, 0.1) is 11.8 Å². The maximum atomic E-state index is 12.8. The molecule has 0 saturated carbocycles. The molecule has 0 radical (unpaired) electrons. The van der Waals surface area contributed by atoms with E-state index in [2.05, 4.69) is 10.3 Å². The van der Waals surface area contributed by atoms with Crippen molar-refractivity contribution in [3.05, 3.63) is 65.5 Å². The van der Waals surface area contributed by atoms with Crippen molar-refractivity contribution in [2.24, 2.45) is 0 Å². The molecule has 2 rings (SSSR count). The molecule has 1 N–H and O–H groups in total. The predicted octanol–water partition coefficient (Wildman–Crippen LogP) is 2.29. The van der Waals surface area contributed by atoms with E-state index in [0.29, 0.717) is 0 Å². The van der Waals surface area contributed by atoms with Crippen LogP contribution in [-0.2, 0) is 6.54 Å². The van der Waals surface area contributed by atoms with Crippen LogP contribution in [0.2, 0.25) is 0 Å². The van der Waals surface area contributed by atoms with Crippen molar-refractivity contribution in [2.45, 2.75) is 6.54 Å². The summed E-state index contributed by atoms with van der Waals surface area (Å²) in [6, 6.07) is 9.74. The van der Waals surface area contributed by atoms with Gasteiger partial charge >= 0.3 is 0 Å². The molecule has 0 aliphatic carbocycles. The zero-order valence-electron chi connectivity index (χ0n) is 9.36. The monoisotopic (exact) mass is 248 g/mol. The number of carbonyl (C=O) groups excluding carboxylic acids is 1. The van der Waals surface area contributed by atoms with Gasteiger partial charge in [-0.1, -0.05) is 18.2 Å². The summed E-state index contributed by atoms with van der Waals surface area (Å²) in [4.78, 5) is 15.1. The Kier molecular flexibility index (Phi) is 3.62. The number of benzene rings is 1. The van der Waals surface area contributed by atoms with Gasteiger partial charge in [0.15, 0.2) is 0 Å². The molecule has 1 heterocycles. The molecule has 0 fully saturated rings. The molecule has 0 atom stereocenters. The standard InChI is InChI=1S/C13H10F2N2O/c14-10-6-4-9(5-7-10)8-16-13(18)11-2-1-3-12(15)17-11/h1-7H,8H2,(H,16,18). The smallest absolute Gasteiger partial charge is 0.270 e. The molecule has 1 aromatic heterocycles. The van der Waals surface area contributed by atoms with Gasteiger partial charge in [-0.15, -0.1) is 0 Å². The number of rotatable bonds is 3. The van der Waals surface area contributed by atoms with Gasteiger partial charge in [-0.05, 0) is 29.8 Å². The second-order valence-electron chi connectivity index (χ2n) is 3.65. The second kappa shape index (κ2) is 5.35. The highest BCUT2D eigenvalue weighted by molar-refractivity contribution is 5.92. The zero-order chi connectivity index (χ0) is 13.0. The van der Waals surface area contributed by atoms with Crippen molar-refractivity contribution in [1.82, 2.24) is 10.3 Å². The van der Waals surface area contributed by atoms with Gasteiger partial charge in [0.25, 0.3) is 5.91 Å². The first kappa shape index (κ1) is 12.2. The summed E-state index contributed by atoms with van der Waals surface area (Å²) in [5, 5.41) is 2.57. The number of nitrogens with zero attached hydrogens (tertiary/aromatic N) is 1. The first-order valence-corrected chi connectivity index (χ1v) is 5.30. The lowest BCUT2D eigenvalue weighted by Crippen LogP contribution is -2.24. The summed E-state index contributed by atoms with van der Waals surface area (Å²) in [5.74, 6) is -1.51. The minimum Gasteiger partial charge on any atom is -0.347 e. The zero-order valence-corrected chi connectivity index (χ0v) is 9.36. The Hall–Kier alpha value is -2.30. The van der Waals surface area contributed by atoms with E-state index in [0.717, 1.165) is 11.6 Å². The SMILES string of the molecule is O=C(NCc1ccc(F)cc1)c1cccc(F)n1. The second-order valence-corrected chi connectivity index (χ2v) is 3.65. The van der Waals surface area contributed by atoms with Crippen molar-refractivity contribution < 1.29 is 13.6 Å². The third-order valence-electron chi connectivity index (χ3n) is 2.31. The summed E-state index contributed by atoms with van der Waals surface area (Å²) in [6.07, 6.45) is 0. The number of carbonyl (C=O) groups is 1. The molecular weight excluding hydrogens is 238 g/mol. The molecule has 1 aromatic carbocycles. The fraction of sp³-hybridized carbons (Fsp3) is 0.0769. The largest absolute Gasteiger partial charge is 0.347 e. The van der Waals surface area contributed by atoms with E-state index in [-0.39, 0.29) is 18.1 Å². The van der Waals surface area contributed by atoms with Crippen LogP contribution >= 0.6 is 0 Å². The van der Waals surface area contributed by atoms with E-state index >= 15 is 0 Å². The van der Waals surface area contributed by atoms with Gasteiger partial charge in [0.2, 0.25) is 5.95 Å². The summed E-state index contributed by atoms with van der Waals surface area (Å²) in [5.41, 5.74) is 0.762. The number of nitrogens with one attached hydrogen (secondary N) is 1. The van der Waals surface area contributed by atoms with Crippen molar-refractivity contribution in [2.75, 3.05) is 0 Å². The van der Waals surface area contributed by atoms with Crippen molar-refractivity contribution in [3.8, 4) is 0 Å². The van der Waals surface area contributed by atoms with Crippen LogP contribution in [0.1, 0.15) is 16.1 Å². The van der Waals surface area contributed by atoms with Gasteiger partial charge in [-0.3, -0.25) is 4.79 Å². The predicted molar refractivity (Wildman–Crippen MR) is 61.8 cm³/mol. The van der Waals surface area contributed by atoms with E-state index < -0.39 is 11.9 Å². The van der Waals surface area contributed by atoms with Crippen molar-refractivity contribution in [1.29, 1.82) is 0 Å². The highest BCUT2D eigenvalue weighted by atomic mass is 19.1. The normalized spacial score (nSPS) is 10.1. The molecule has 0 aliphatic rings. The Morgan fingerprint density at radius 3 is 2.50 bits per heavy atom. The molecule has 0 spiro atoms. The molecule has 0 saturated heterocycles. The van der Waals surface area contributed by atoms with Crippen LogP contribution in [0.3, 0.4) is 0 Å². The Morgan fingerprint density at radius 1 is 1.11 bits per heavy atom. The lowest BCUT2D eigenvalue weighted by molar-refractivity contribution is 0.0944. The number of hydrogen-bond acceptors (Lipinski definition) is 2. The van der Waals surface area contributed by atoms with E-state index in [1.807, 2.05) is 0 Å². The molecule has 3 nitrogen and oxygen atoms in total. The third-order valence-corrected chi connectivity index (χ3v) is 2.31. The summed E-state index contributed by atoms with van der Waals surface area (Å²) in [6.45, 7) is 0.233. The summed E-state index contributed by atoms with van der Waals surface area (Å²) in [7, 11) is 0. The summed E-state index contributed by atoms with van der Waals surface area (Å²) >= 11 is 0. The Morgan fingerprint density at radius 2 is 1.83 bits per heavy atom. The van der Waals surface area contributed by atoms with Crippen molar-refractivity contribution in [3.63, 3.8) is 0 Å². The highest BCUT2D eigenvalue weighted by Crippen LogP contribution is 2.03. The van der Waals surface area contributed by atoms with Gasteiger partial charge in [-0.25, -0.2) is 9.37 Å². The number of hydrogen-bond donors (Lipinski definition) is 1. The van der Waals surface area contributed by atoms with Crippen LogP contribution in [0.25, 0.3) is 0 Å². The van der Waals surface area contributed by atoms with Crippen LogP contribution < -0.4 is 5.32 Å². The van der Waals surface area contributed by atoms with Crippen LogP contribution in [-0.4, -0.2) is 10.9 Å². The average molecular weight is 248 g/mol. The highest BCUT2D eigenvalue weighted by Gasteiger charge is 2.07. The van der Waals surface area contributed by atoms with Crippen LogP contribution in [0.5, 0.6) is 0 Å². The number of pyridine rings is 1. The lowest BCUT2D eigenvalue weighted by atomic mass is 10.2. The fourth-order valence-corrected chi connectivity index (χ4v) is 1.41. The molecular formula is C13H10F2N2O. The molecule has 1 amide bonds. The first-order valence-electron chi connectivity index (χ1n) is 5.30. The van der Waals surface area contributed by atoms with Gasteiger partial charge in [0.1, 0.15) is 11.5 Å². The van der Waals surface area contributed by atoms with E-state index in [1.165, 1.54) is 24.3 Å². The van der Waals surface area contributed by atoms with Crippen molar-refractivity contribution >= 4 is 5.91 Å². The molecule has 92 valence electrons. The van der Waals surface area contributed by atoms with Gasteiger partial charge < -0.3 is 5.32 Å². The van der Waals surface area contributed by atoms with E-state index in [9.17, 15) is 13.6 Å². The summed E-state index contributed by atoms with van der Waals surface area (Å²) < 4.78 is 25.5. The molecule has 0 bridgehead atoms. The molecule has 0 unspecified atom stereocenters. The van der Waals surface area contributed by atoms with Crippen LogP contribution in [0.15, 0.2) is 42.5 Å². The molecule has 5 heteroatoms. The first-order chi connectivity index (χ1) is 8.65. The minimum atomic E-state index is -0.704. The topological polar surface area (TPSA) is 42.0 Å². The fourth-order valence-electron chi connectivity index (χ4n) is 1.41. The Bertz CT molecular complexity index is 555. The minimum absolute atomic E-state index is 0.0112. The molecule has 0 aliphatic heterocycles. The third kappa shape index (κ3) is 3.10. The maximum Gasteiger partial charge on any atom is 0.270 e. The van der Waals surface area contributed by atoms with Gasteiger partial charge in [-0.2, -0.15) is 4.39 Å². The molecule has 18 heavy (non-hydrogen) atoms.